The van der Waals surface area contributed by atoms with E-state index < -0.39 is 0 Å². The predicted molar refractivity (Wildman–Crippen MR) is 113 cm³/mol. The van der Waals surface area contributed by atoms with Gasteiger partial charge in [-0.05, 0) is 18.2 Å². The van der Waals surface area contributed by atoms with Gasteiger partial charge >= 0.3 is 0 Å². The number of benzene rings is 2. The van der Waals surface area contributed by atoms with Gasteiger partial charge in [0.2, 0.25) is 0 Å². The molecule has 144 valence electrons. The topological polar surface area (TPSA) is 63.2 Å². The van der Waals surface area contributed by atoms with E-state index in [-0.39, 0.29) is 0 Å². The van der Waals surface area contributed by atoms with Crippen molar-refractivity contribution < 1.29 is 4.74 Å². The molecule has 4 aromatic rings. The number of fused-ring (bicyclic) bond motifs is 2. The molecule has 1 aliphatic rings. The number of ether oxygens (including phenoxy) is 1. The van der Waals surface area contributed by atoms with E-state index in [1.807, 2.05) is 42.6 Å². The van der Waals surface area contributed by atoms with Gasteiger partial charge in [-0.1, -0.05) is 36.4 Å². The normalized spacial score (nSPS) is 13.4. The van der Waals surface area contributed by atoms with E-state index in [0.717, 1.165) is 59.0 Å². The summed E-state index contributed by atoms with van der Waals surface area (Å²) in [6.07, 6.45) is 3.47. The zero-order valence-electron chi connectivity index (χ0n) is 16.2. The fourth-order valence-electron chi connectivity index (χ4n) is 3.81. The third-order valence-electron chi connectivity index (χ3n) is 5.23. The molecule has 0 saturated heterocycles. The summed E-state index contributed by atoms with van der Waals surface area (Å²) in [5.41, 5.74) is 5.27. The average molecular weight is 383 g/mol. The Morgan fingerprint density at radius 1 is 1.00 bits per heavy atom. The number of methoxy groups -OCH3 is 1. The predicted octanol–water partition coefficient (Wildman–Crippen LogP) is 4.29. The van der Waals surface area contributed by atoms with Crippen LogP contribution in [0, 0.1) is 0 Å². The number of aromatic nitrogens is 3. The highest BCUT2D eigenvalue weighted by Gasteiger charge is 2.24. The van der Waals surface area contributed by atoms with Crippen LogP contribution < -0.4 is 10.1 Å². The van der Waals surface area contributed by atoms with Crippen molar-refractivity contribution in [3.8, 4) is 5.75 Å². The lowest BCUT2D eigenvalue weighted by Gasteiger charge is -2.16. The maximum absolute atomic E-state index is 5.50. The maximum atomic E-state index is 5.50. The zero-order chi connectivity index (χ0) is 19.6. The second-order valence-electron chi connectivity index (χ2n) is 7.15. The number of para-hydroxylation sites is 2. The third-order valence-corrected chi connectivity index (χ3v) is 5.23. The molecule has 0 bridgehead atoms. The zero-order valence-corrected chi connectivity index (χ0v) is 16.2. The number of rotatable bonds is 5. The van der Waals surface area contributed by atoms with Gasteiger partial charge in [0.25, 0.3) is 0 Å². The fourth-order valence-corrected chi connectivity index (χ4v) is 3.81. The Morgan fingerprint density at radius 3 is 2.79 bits per heavy atom. The van der Waals surface area contributed by atoms with Crippen LogP contribution in [0.1, 0.15) is 16.8 Å². The molecule has 0 fully saturated rings. The van der Waals surface area contributed by atoms with Crippen molar-refractivity contribution in [3.63, 3.8) is 0 Å². The first kappa shape index (κ1) is 17.6. The molecule has 0 spiro atoms. The van der Waals surface area contributed by atoms with Crippen LogP contribution >= 0.6 is 0 Å². The van der Waals surface area contributed by atoms with Crippen LogP contribution in [0.3, 0.4) is 0 Å². The van der Waals surface area contributed by atoms with Crippen molar-refractivity contribution in [2.24, 2.45) is 0 Å². The molecule has 0 amide bonds. The first-order valence-corrected chi connectivity index (χ1v) is 9.59. The monoisotopic (exact) mass is 383 g/mol. The number of nitrogens with one attached hydrogen (secondary N) is 1. The number of anilines is 2. The van der Waals surface area contributed by atoms with Crippen molar-refractivity contribution >= 4 is 22.4 Å². The summed E-state index contributed by atoms with van der Waals surface area (Å²) in [6, 6.07) is 18.3. The fraction of sp³-hybridized carbons (Fsp3) is 0.174. The lowest BCUT2D eigenvalue weighted by molar-refractivity contribution is 0.268. The standard InChI is InChI=1S/C23H21N5O/c1-29-22-9-5-3-7-17(22)12-28-13-19-21(14-28)25-15-26-23(19)27-18-10-16-6-2-4-8-20(16)24-11-18/h2-11,15H,12-14H2,1H3,(H,25,26,27). The van der Waals surface area contributed by atoms with E-state index in [0.29, 0.717) is 0 Å². The summed E-state index contributed by atoms with van der Waals surface area (Å²) in [4.78, 5) is 15.9. The van der Waals surface area contributed by atoms with Crippen molar-refractivity contribution in [1.82, 2.24) is 19.9 Å². The summed E-state index contributed by atoms with van der Waals surface area (Å²) < 4.78 is 5.50. The van der Waals surface area contributed by atoms with Gasteiger partial charge in [-0.2, -0.15) is 0 Å². The molecule has 3 heterocycles. The quantitative estimate of drug-likeness (QED) is 0.555. The summed E-state index contributed by atoms with van der Waals surface area (Å²) in [5.74, 6) is 1.75. The van der Waals surface area contributed by atoms with Gasteiger partial charge in [0.05, 0.1) is 30.2 Å². The molecule has 6 heteroatoms. The summed E-state index contributed by atoms with van der Waals surface area (Å²) >= 11 is 0. The van der Waals surface area contributed by atoms with Crippen LogP contribution in [-0.2, 0) is 19.6 Å². The number of hydrogen-bond donors (Lipinski definition) is 1. The van der Waals surface area contributed by atoms with E-state index in [1.54, 1.807) is 13.4 Å². The minimum Gasteiger partial charge on any atom is -0.496 e. The van der Waals surface area contributed by atoms with Gasteiger partial charge in [0.15, 0.2) is 0 Å². The summed E-state index contributed by atoms with van der Waals surface area (Å²) in [5, 5.41) is 4.54. The van der Waals surface area contributed by atoms with Crippen LogP contribution in [0.4, 0.5) is 11.5 Å². The Labute approximate surface area is 169 Å². The Hall–Kier alpha value is -3.51. The highest BCUT2D eigenvalue weighted by molar-refractivity contribution is 5.82. The van der Waals surface area contributed by atoms with Crippen LogP contribution in [0.5, 0.6) is 5.75 Å². The van der Waals surface area contributed by atoms with Gasteiger partial charge in [0, 0.05) is 36.1 Å². The van der Waals surface area contributed by atoms with Crippen molar-refractivity contribution in [1.29, 1.82) is 0 Å². The molecule has 1 aliphatic heterocycles. The molecule has 29 heavy (non-hydrogen) atoms. The number of pyridine rings is 1. The Bertz CT molecular complexity index is 1180. The molecule has 0 unspecified atom stereocenters. The van der Waals surface area contributed by atoms with Gasteiger partial charge in [-0.3, -0.25) is 9.88 Å². The minimum atomic E-state index is 0.789. The van der Waals surface area contributed by atoms with Crippen LogP contribution in [0.25, 0.3) is 10.9 Å². The Morgan fingerprint density at radius 2 is 1.86 bits per heavy atom. The van der Waals surface area contributed by atoms with Crippen LogP contribution in [-0.4, -0.2) is 27.0 Å². The smallest absolute Gasteiger partial charge is 0.138 e. The highest BCUT2D eigenvalue weighted by atomic mass is 16.5. The van der Waals surface area contributed by atoms with Gasteiger partial charge in [-0.25, -0.2) is 9.97 Å². The number of nitrogens with zero attached hydrogens (tertiary/aromatic N) is 4. The summed E-state index contributed by atoms with van der Waals surface area (Å²) in [7, 11) is 1.71. The molecule has 2 aromatic carbocycles. The Kier molecular flexibility index (Phi) is 4.54. The molecular weight excluding hydrogens is 362 g/mol. The molecule has 0 atom stereocenters. The van der Waals surface area contributed by atoms with Crippen molar-refractivity contribution in [2.75, 3.05) is 12.4 Å². The molecule has 0 aliphatic carbocycles. The van der Waals surface area contributed by atoms with Gasteiger partial charge in [-0.15, -0.1) is 0 Å². The van der Waals surface area contributed by atoms with E-state index in [1.165, 1.54) is 5.56 Å². The first-order valence-electron chi connectivity index (χ1n) is 9.59. The molecule has 5 rings (SSSR count). The van der Waals surface area contributed by atoms with E-state index in [9.17, 15) is 0 Å². The van der Waals surface area contributed by atoms with Gasteiger partial charge in [0.1, 0.15) is 17.9 Å². The SMILES string of the molecule is COc1ccccc1CN1Cc2ncnc(Nc3cnc4ccccc4c3)c2C1. The first-order chi connectivity index (χ1) is 14.3. The van der Waals surface area contributed by atoms with E-state index in [4.69, 9.17) is 4.74 Å². The second kappa shape index (κ2) is 7.48. The van der Waals surface area contributed by atoms with Crippen LogP contribution in [0.2, 0.25) is 0 Å². The summed E-state index contributed by atoms with van der Waals surface area (Å²) in [6.45, 7) is 2.38. The average Bonchev–Trinajstić information content (AvgIpc) is 3.18. The van der Waals surface area contributed by atoms with Crippen molar-refractivity contribution in [2.45, 2.75) is 19.6 Å². The molecule has 0 radical (unpaired) electrons. The lowest BCUT2D eigenvalue weighted by Crippen LogP contribution is -2.16. The van der Waals surface area contributed by atoms with E-state index >= 15 is 0 Å². The Balaban J connectivity index is 1.38. The molecule has 6 nitrogen and oxygen atoms in total. The molecule has 1 N–H and O–H groups in total. The number of hydrogen-bond acceptors (Lipinski definition) is 6. The molecule has 2 aromatic heterocycles. The largest absolute Gasteiger partial charge is 0.496 e. The molecule has 0 saturated carbocycles. The van der Waals surface area contributed by atoms with Crippen LogP contribution in [0.15, 0.2) is 67.1 Å². The maximum Gasteiger partial charge on any atom is 0.138 e. The second-order valence-corrected chi connectivity index (χ2v) is 7.15. The van der Waals surface area contributed by atoms with E-state index in [2.05, 4.69) is 43.4 Å². The highest BCUT2D eigenvalue weighted by Crippen LogP contribution is 2.31. The third kappa shape index (κ3) is 3.50. The minimum absolute atomic E-state index is 0.789. The van der Waals surface area contributed by atoms with Gasteiger partial charge < -0.3 is 10.1 Å². The van der Waals surface area contributed by atoms with Crippen molar-refractivity contribution in [3.05, 3.63) is 83.9 Å². The molecular formula is C23H21N5O. The lowest BCUT2D eigenvalue weighted by atomic mass is 10.2.